The van der Waals surface area contributed by atoms with E-state index in [1.54, 1.807) is 19.1 Å². The van der Waals surface area contributed by atoms with E-state index in [9.17, 15) is 18.3 Å². The largest absolute Gasteiger partial charge is 0.545 e. The zero-order chi connectivity index (χ0) is 16.2. The summed E-state index contributed by atoms with van der Waals surface area (Å²) in [7, 11) is -3.67. The van der Waals surface area contributed by atoms with Gasteiger partial charge in [-0.1, -0.05) is 18.2 Å². The average Bonchev–Trinajstić information content (AvgIpc) is 2.97. The van der Waals surface area contributed by atoms with Crippen LogP contribution in [-0.4, -0.2) is 33.6 Å². The highest BCUT2D eigenvalue weighted by molar-refractivity contribution is 7.89. The van der Waals surface area contributed by atoms with E-state index >= 15 is 0 Å². The standard InChI is InChI=1S/C15H19NO5S/c1-11-4-5-12(6-7-15(17)18)9-14(11)22(19,20)16-10-13-3-2-8-21-13/h4-7,9,13,16H,2-3,8,10H2,1H3,(H,17,18)/p-1/b7-6+/t13-/m0/s1. The van der Waals surface area contributed by atoms with Crippen LogP contribution < -0.4 is 9.83 Å². The number of carbonyl (C=O) groups is 1. The molecule has 1 heterocycles. The minimum Gasteiger partial charge on any atom is -0.545 e. The lowest BCUT2D eigenvalue weighted by Crippen LogP contribution is -2.32. The van der Waals surface area contributed by atoms with Crippen molar-refractivity contribution in [2.75, 3.05) is 13.2 Å². The zero-order valence-electron chi connectivity index (χ0n) is 12.2. The first-order valence-corrected chi connectivity index (χ1v) is 8.48. The molecule has 1 aromatic rings. The molecule has 1 saturated heterocycles. The number of carbonyl (C=O) groups excluding carboxylic acids is 1. The predicted molar refractivity (Wildman–Crippen MR) is 79.4 cm³/mol. The third kappa shape index (κ3) is 4.40. The van der Waals surface area contributed by atoms with Gasteiger partial charge < -0.3 is 14.6 Å². The summed E-state index contributed by atoms with van der Waals surface area (Å²) in [4.78, 5) is 10.6. The molecule has 0 unspecified atom stereocenters. The van der Waals surface area contributed by atoms with Gasteiger partial charge in [0.15, 0.2) is 0 Å². The van der Waals surface area contributed by atoms with Gasteiger partial charge in [0.05, 0.1) is 17.0 Å². The monoisotopic (exact) mass is 324 g/mol. The van der Waals surface area contributed by atoms with Crippen LogP contribution in [0.15, 0.2) is 29.2 Å². The maximum Gasteiger partial charge on any atom is 0.240 e. The quantitative estimate of drug-likeness (QED) is 0.755. The molecule has 1 N–H and O–H groups in total. The second-order valence-corrected chi connectivity index (χ2v) is 6.90. The Labute approximate surface area is 129 Å². The highest BCUT2D eigenvalue weighted by Crippen LogP contribution is 2.19. The maximum atomic E-state index is 12.4. The Morgan fingerprint density at radius 2 is 2.27 bits per heavy atom. The van der Waals surface area contributed by atoms with Gasteiger partial charge in [0, 0.05) is 13.2 Å². The first-order chi connectivity index (χ1) is 10.4. The van der Waals surface area contributed by atoms with Crippen LogP contribution in [0.2, 0.25) is 0 Å². The molecule has 0 bridgehead atoms. The topological polar surface area (TPSA) is 95.5 Å². The molecule has 0 saturated carbocycles. The van der Waals surface area contributed by atoms with Crippen molar-refractivity contribution in [3.8, 4) is 0 Å². The highest BCUT2D eigenvalue weighted by Gasteiger charge is 2.21. The molecule has 120 valence electrons. The number of carboxylic acids is 1. The van der Waals surface area contributed by atoms with Crippen LogP contribution in [0.5, 0.6) is 0 Å². The molecule has 0 aliphatic carbocycles. The van der Waals surface area contributed by atoms with Crippen molar-refractivity contribution in [2.45, 2.75) is 30.8 Å². The van der Waals surface area contributed by atoms with Crippen molar-refractivity contribution < 1.29 is 23.1 Å². The highest BCUT2D eigenvalue weighted by atomic mass is 32.2. The molecule has 1 atom stereocenters. The molecule has 0 radical (unpaired) electrons. The van der Waals surface area contributed by atoms with Gasteiger partial charge in [-0.05, 0) is 43.0 Å². The van der Waals surface area contributed by atoms with Crippen molar-refractivity contribution in [3.63, 3.8) is 0 Å². The molecule has 0 amide bonds. The molecule has 2 rings (SSSR count). The van der Waals surface area contributed by atoms with Gasteiger partial charge in [-0.2, -0.15) is 0 Å². The van der Waals surface area contributed by atoms with E-state index in [1.807, 2.05) is 0 Å². The normalized spacial score (nSPS) is 18.9. The summed E-state index contributed by atoms with van der Waals surface area (Å²) < 4.78 is 32.7. The number of hydrogen-bond acceptors (Lipinski definition) is 5. The summed E-state index contributed by atoms with van der Waals surface area (Å²) in [5, 5.41) is 10.4. The van der Waals surface area contributed by atoms with Crippen molar-refractivity contribution in [2.24, 2.45) is 0 Å². The molecular weight excluding hydrogens is 306 g/mol. The number of ether oxygens (including phenoxy) is 1. The first-order valence-electron chi connectivity index (χ1n) is 6.99. The summed E-state index contributed by atoms with van der Waals surface area (Å²) >= 11 is 0. The van der Waals surface area contributed by atoms with Gasteiger partial charge in [0.1, 0.15) is 0 Å². The molecule has 7 heteroatoms. The van der Waals surface area contributed by atoms with Crippen molar-refractivity contribution >= 4 is 22.1 Å². The average molecular weight is 324 g/mol. The zero-order valence-corrected chi connectivity index (χ0v) is 13.1. The van der Waals surface area contributed by atoms with Crippen LogP contribution >= 0.6 is 0 Å². The van der Waals surface area contributed by atoms with Crippen LogP contribution in [-0.2, 0) is 19.6 Å². The minimum atomic E-state index is -3.67. The van der Waals surface area contributed by atoms with Crippen LogP contribution in [0.25, 0.3) is 6.08 Å². The van der Waals surface area contributed by atoms with E-state index in [1.165, 1.54) is 12.1 Å². The molecule has 0 spiro atoms. The number of sulfonamides is 1. The Kier molecular flexibility index (Phi) is 5.33. The van der Waals surface area contributed by atoms with Gasteiger partial charge >= 0.3 is 0 Å². The minimum absolute atomic E-state index is 0.0868. The Bertz CT molecular complexity index is 675. The lowest BCUT2D eigenvalue weighted by molar-refractivity contribution is -0.297. The number of nitrogens with one attached hydrogen (secondary N) is 1. The second kappa shape index (κ2) is 7.04. The number of hydrogen-bond donors (Lipinski definition) is 1. The lowest BCUT2D eigenvalue weighted by atomic mass is 10.1. The molecule has 1 aliphatic heterocycles. The number of aryl methyl sites for hydroxylation is 1. The van der Waals surface area contributed by atoms with Gasteiger partial charge in [-0.25, -0.2) is 13.1 Å². The van der Waals surface area contributed by atoms with E-state index in [4.69, 9.17) is 4.74 Å². The number of carboxylic acid groups (broad SMARTS) is 1. The molecule has 6 nitrogen and oxygen atoms in total. The summed E-state index contributed by atoms with van der Waals surface area (Å²) in [6.07, 6.45) is 3.86. The number of rotatable bonds is 6. The van der Waals surface area contributed by atoms with Crippen LogP contribution in [0.4, 0.5) is 0 Å². The van der Waals surface area contributed by atoms with E-state index in [-0.39, 0.29) is 17.5 Å². The molecule has 1 aliphatic rings. The van der Waals surface area contributed by atoms with Crippen molar-refractivity contribution in [1.29, 1.82) is 0 Å². The summed E-state index contributed by atoms with van der Waals surface area (Å²) in [5.74, 6) is -1.33. The molecule has 1 fully saturated rings. The molecule has 22 heavy (non-hydrogen) atoms. The fraction of sp³-hybridized carbons (Fsp3) is 0.400. The fourth-order valence-corrected chi connectivity index (χ4v) is 3.60. The van der Waals surface area contributed by atoms with E-state index in [2.05, 4.69) is 4.72 Å². The fourth-order valence-electron chi connectivity index (χ4n) is 2.26. The molecule has 1 aromatic carbocycles. The van der Waals surface area contributed by atoms with E-state index < -0.39 is 16.0 Å². The van der Waals surface area contributed by atoms with Crippen LogP contribution in [0, 0.1) is 6.92 Å². The van der Waals surface area contributed by atoms with Crippen molar-refractivity contribution in [1.82, 2.24) is 4.72 Å². The lowest BCUT2D eigenvalue weighted by Gasteiger charge is -2.13. The Morgan fingerprint density at radius 3 is 2.91 bits per heavy atom. The summed E-state index contributed by atoms with van der Waals surface area (Å²) in [6, 6.07) is 4.72. The van der Waals surface area contributed by atoms with Crippen molar-refractivity contribution in [3.05, 3.63) is 35.4 Å². The van der Waals surface area contributed by atoms with Crippen LogP contribution in [0.1, 0.15) is 24.0 Å². The third-order valence-corrected chi connectivity index (χ3v) is 5.00. The first kappa shape index (κ1) is 16.7. The summed E-state index contributed by atoms with van der Waals surface area (Å²) in [5.41, 5.74) is 1.07. The van der Waals surface area contributed by atoms with Gasteiger partial charge in [-0.15, -0.1) is 0 Å². The predicted octanol–water partition coefficient (Wildman–Crippen LogP) is 0.215. The Morgan fingerprint density at radius 1 is 1.50 bits per heavy atom. The van der Waals surface area contributed by atoms with Gasteiger partial charge in [0.2, 0.25) is 10.0 Å². The molecular formula is C15H18NO5S-. The van der Waals surface area contributed by atoms with Crippen LogP contribution in [0.3, 0.4) is 0 Å². The summed E-state index contributed by atoms with van der Waals surface area (Å²) in [6.45, 7) is 2.59. The maximum absolute atomic E-state index is 12.4. The Hall–Kier alpha value is -1.70. The smallest absolute Gasteiger partial charge is 0.240 e. The van der Waals surface area contributed by atoms with Gasteiger partial charge in [-0.3, -0.25) is 0 Å². The third-order valence-electron chi connectivity index (χ3n) is 3.44. The van der Waals surface area contributed by atoms with E-state index in [0.717, 1.165) is 18.9 Å². The SMILES string of the molecule is Cc1ccc(/C=C/C(=O)[O-])cc1S(=O)(=O)NC[C@@H]1CCCO1. The Balaban J connectivity index is 2.17. The van der Waals surface area contributed by atoms with Gasteiger partial charge in [0.25, 0.3) is 0 Å². The second-order valence-electron chi connectivity index (χ2n) is 5.16. The number of aliphatic carboxylic acids is 1. The van der Waals surface area contributed by atoms with E-state index in [0.29, 0.717) is 17.7 Å². The number of benzene rings is 1. The molecule has 0 aromatic heterocycles.